The highest BCUT2D eigenvalue weighted by Crippen LogP contribution is 2.31. The summed E-state index contributed by atoms with van der Waals surface area (Å²) in [7, 11) is 3.30. The van der Waals surface area contributed by atoms with E-state index in [1.165, 1.54) is 13.2 Å². The third-order valence-electron chi connectivity index (χ3n) is 4.17. The Labute approximate surface area is 119 Å². The van der Waals surface area contributed by atoms with Crippen LogP contribution in [0.5, 0.6) is 11.5 Å². The lowest BCUT2D eigenvalue weighted by molar-refractivity contribution is 0.0697. The van der Waals surface area contributed by atoms with E-state index in [0.29, 0.717) is 23.8 Å². The van der Waals surface area contributed by atoms with Gasteiger partial charge in [-0.05, 0) is 37.4 Å². The lowest BCUT2D eigenvalue weighted by Crippen LogP contribution is -2.41. The van der Waals surface area contributed by atoms with Gasteiger partial charge in [0.15, 0.2) is 0 Å². The van der Waals surface area contributed by atoms with Crippen molar-refractivity contribution in [2.45, 2.75) is 25.3 Å². The van der Waals surface area contributed by atoms with Crippen LogP contribution < -0.4 is 10.5 Å². The first-order valence-corrected chi connectivity index (χ1v) is 6.92. The summed E-state index contributed by atoms with van der Waals surface area (Å²) in [6.45, 7) is 0.594. The van der Waals surface area contributed by atoms with E-state index in [1.54, 1.807) is 24.1 Å². The zero-order chi connectivity index (χ0) is 14.7. The highest BCUT2D eigenvalue weighted by atomic mass is 16.5. The van der Waals surface area contributed by atoms with Crippen molar-refractivity contribution in [1.82, 2.24) is 4.90 Å². The summed E-state index contributed by atoms with van der Waals surface area (Å²) in [6, 6.07) is 4.89. The fourth-order valence-corrected chi connectivity index (χ4v) is 2.96. The summed E-state index contributed by atoms with van der Waals surface area (Å²) in [5.41, 5.74) is 6.07. The highest BCUT2D eigenvalue weighted by Gasteiger charge is 2.32. The molecule has 2 atom stereocenters. The summed E-state index contributed by atoms with van der Waals surface area (Å²) < 4.78 is 5.02. The molecule has 1 aliphatic rings. The molecule has 5 heteroatoms. The number of carbonyl (C=O) groups excluding carboxylic acids is 1. The molecule has 1 aromatic carbocycles. The summed E-state index contributed by atoms with van der Waals surface area (Å²) in [4.78, 5) is 14.2. The summed E-state index contributed by atoms with van der Waals surface area (Å²) in [6.07, 6.45) is 3.13. The highest BCUT2D eigenvalue weighted by molar-refractivity contribution is 5.97. The van der Waals surface area contributed by atoms with Crippen LogP contribution in [0.1, 0.15) is 29.6 Å². The smallest absolute Gasteiger partial charge is 0.257 e. The van der Waals surface area contributed by atoms with Gasteiger partial charge >= 0.3 is 0 Å². The summed E-state index contributed by atoms with van der Waals surface area (Å²) in [5.74, 6) is 0.658. The fraction of sp³-hybridized carbons (Fsp3) is 0.533. The quantitative estimate of drug-likeness (QED) is 0.877. The summed E-state index contributed by atoms with van der Waals surface area (Å²) in [5, 5.41) is 9.96. The van der Waals surface area contributed by atoms with Crippen molar-refractivity contribution < 1.29 is 14.6 Å². The number of amides is 1. The molecule has 2 rings (SSSR count). The summed E-state index contributed by atoms with van der Waals surface area (Å²) >= 11 is 0. The van der Waals surface area contributed by atoms with E-state index in [-0.39, 0.29) is 17.7 Å². The van der Waals surface area contributed by atoms with Crippen LogP contribution >= 0.6 is 0 Å². The molecule has 1 fully saturated rings. The van der Waals surface area contributed by atoms with E-state index in [1.807, 2.05) is 0 Å². The van der Waals surface area contributed by atoms with Crippen LogP contribution in [0.15, 0.2) is 18.2 Å². The van der Waals surface area contributed by atoms with Gasteiger partial charge in [-0.1, -0.05) is 6.42 Å². The topological polar surface area (TPSA) is 75.8 Å². The molecule has 0 radical (unpaired) electrons. The first kappa shape index (κ1) is 14.7. The molecule has 5 nitrogen and oxygen atoms in total. The maximum absolute atomic E-state index is 12.5. The van der Waals surface area contributed by atoms with E-state index < -0.39 is 0 Å². The van der Waals surface area contributed by atoms with E-state index in [2.05, 4.69) is 0 Å². The number of methoxy groups -OCH3 is 1. The van der Waals surface area contributed by atoms with Gasteiger partial charge in [0, 0.05) is 19.2 Å². The van der Waals surface area contributed by atoms with Crippen LogP contribution in [0.2, 0.25) is 0 Å². The molecule has 110 valence electrons. The van der Waals surface area contributed by atoms with Gasteiger partial charge in [0.2, 0.25) is 0 Å². The maximum Gasteiger partial charge on any atom is 0.257 e. The minimum atomic E-state index is -0.171. The Kier molecular flexibility index (Phi) is 4.49. The van der Waals surface area contributed by atoms with Crippen LogP contribution in [-0.2, 0) is 0 Å². The number of phenolic OH excluding ortho intramolecular Hbond substituents is 1. The predicted molar refractivity (Wildman–Crippen MR) is 76.9 cm³/mol. The van der Waals surface area contributed by atoms with E-state index in [4.69, 9.17) is 10.5 Å². The van der Waals surface area contributed by atoms with Crippen molar-refractivity contribution in [1.29, 1.82) is 0 Å². The second kappa shape index (κ2) is 6.13. The molecule has 2 unspecified atom stereocenters. The molecule has 0 heterocycles. The SMILES string of the molecule is COc1ccc(C(=O)N(C)C2CCCC2CN)c(O)c1. The Morgan fingerprint density at radius 3 is 2.85 bits per heavy atom. The Bertz CT molecular complexity index is 490. The monoisotopic (exact) mass is 278 g/mol. The van der Waals surface area contributed by atoms with Crippen molar-refractivity contribution in [2.75, 3.05) is 20.7 Å². The zero-order valence-corrected chi connectivity index (χ0v) is 12.0. The molecule has 0 bridgehead atoms. The van der Waals surface area contributed by atoms with Gasteiger partial charge in [-0.25, -0.2) is 0 Å². The maximum atomic E-state index is 12.5. The Morgan fingerprint density at radius 1 is 1.50 bits per heavy atom. The van der Waals surface area contributed by atoms with Gasteiger partial charge in [-0.2, -0.15) is 0 Å². The molecule has 0 aliphatic heterocycles. The van der Waals surface area contributed by atoms with Crippen LogP contribution in [-0.4, -0.2) is 42.7 Å². The average molecular weight is 278 g/mol. The van der Waals surface area contributed by atoms with Crippen molar-refractivity contribution in [3.63, 3.8) is 0 Å². The molecule has 3 N–H and O–H groups in total. The Balaban J connectivity index is 2.18. The fourth-order valence-electron chi connectivity index (χ4n) is 2.96. The van der Waals surface area contributed by atoms with Gasteiger partial charge in [0.1, 0.15) is 11.5 Å². The minimum Gasteiger partial charge on any atom is -0.507 e. The predicted octanol–water partition coefficient (Wildman–Crippen LogP) is 1.60. The molecule has 0 spiro atoms. The van der Waals surface area contributed by atoms with Gasteiger partial charge in [-0.15, -0.1) is 0 Å². The Hall–Kier alpha value is -1.75. The molecule has 20 heavy (non-hydrogen) atoms. The molecule has 1 aromatic rings. The number of hydrogen-bond acceptors (Lipinski definition) is 4. The van der Waals surface area contributed by atoms with E-state index in [0.717, 1.165) is 19.3 Å². The molecule has 0 saturated heterocycles. The molecule has 0 aromatic heterocycles. The zero-order valence-electron chi connectivity index (χ0n) is 12.0. The lowest BCUT2D eigenvalue weighted by atomic mass is 10.0. The third-order valence-corrected chi connectivity index (χ3v) is 4.17. The molecule has 1 amide bonds. The number of aromatic hydroxyl groups is 1. The first-order valence-electron chi connectivity index (χ1n) is 6.92. The van der Waals surface area contributed by atoms with E-state index >= 15 is 0 Å². The van der Waals surface area contributed by atoms with Crippen LogP contribution in [0.4, 0.5) is 0 Å². The van der Waals surface area contributed by atoms with Crippen LogP contribution in [0.3, 0.4) is 0 Å². The molecule has 1 saturated carbocycles. The minimum absolute atomic E-state index is 0.0523. The number of ether oxygens (including phenoxy) is 1. The van der Waals surface area contributed by atoms with Crippen molar-refractivity contribution >= 4 is 5.91 Å². The third kappa shape index (κ3) is 2.72. The number of benzene rings is 1. The normalized spacial score (nSPS) is 21.8. The number of nitrogens with zero attached hydrogens (tertiary/aromatic N) is 1. The van der Waals surface area contributed by atoms with Gasteiger partial charge < -0.3 is 20.5 Å². The van der Waals surface area contributed by atoms with E-state index in [9.17, 15) is 9.90 Å². The van der Waals surface area contributed by atoms with Crippen LogP contribution in [0, 0.1) is 5.92 Å². The number of carbonyl (C=O) groups is 1. The largest absolute Gasteiger partial charge is 0.507 e. The average Bonchev–Trinajstić information content (AvgIpc) is 2.94. The number of hydrogen-bond donors (Lipinski definition) is 2. The van der Waals surface area contributed by atoms with Crippen molar-refractivity contribution in [2.24, 2.45) is 11.7 Å². The van der Waals surface area contributed by atoms with Gasteiger partial charge in [0.25, 0.3) is 5.91 Å². The number of phenols is 1. The standard InChI is InChI=1S/C15H22N2O3/c1-17(13-5-3-4-10(13)9-16)15(19)12-7-6-11(20-2)8-14(12)18/h6-8,10,13,18H,3-5,9,16H2,1-2H3. The van der Waals surface area contributed by atoms with Gasteiger partial charge in [0.05, 0.1) is 12.7 Å². The second-order valence-corrected chi connectivity index (χ2v) is 5.29. The van der Waals surface area contributed by atoms with Gasteiger partial charge in [-0.3, -0.25) is 4.79 Å². The van der Waals surface area contributed by atoms with Crippen LogP contribution in [0.25, 0.3) is 0 Å². The van der Waals surface area contributed by atoms with Crippen molar-refractivity contribution in [3.05, 3.63) is 23.8 Å². The van der Waals surface area contributed by atoms with Crippen molar-refractivity contribution in [3.8, 4) is 11.5 Å². The number of rotatable bonds is 4. The number of nitrogens with two attached hydrogens (primary N) is 1. The molecular formula is C15H22N2O3. The first-order chi connectivity index (χ1) is 9.58. The second-order valence-electron chi connectivity index (χ2n) is 5.29. The molecular weight excluding hydrogens is 256 g/mol. The molecule has 1 aliphatic carbocycles. The Morgan fingerprint density at radius 2 is 2.25 bits per heavy atom. The lowest BCUT2D eigenvalue weighted by Gasteiger charge is -2.29.